The van der Waals surface area contributed by atoms with E-state index in [0.717, 1.165) is 11.6 Å². The fraction of sp³-hybridized carbons (Fsp3) is 0.400. The van der Waals surface area contributed by atoms with Gasteiger partial charge in [-0.15, -0.1) is 0 Å². The second kappa shape index (κ2) is 4.36. The lowest BCUT2D eigenvalue weighted by Crippen LogP contribution is -2.17. The highest BCUT2D eigenvalue weighted by Gasteiger charge is 1.97. The number of hydrogen-bond acceptors (Lipinski definition) is 1. The van der Waals surface area contributed by atoms with Crippen LogP contribution in [0.25, 0.3) is 0 Å². The fourth-order valence-corrected chi connectivity index (χ4v) is 1.29. The van der Waals surface area contributed by atoms with Crippen LogP contribution in [0.1, 0.15) is 13.3 Å². The molecule has 1 aromatic carbocycles. The quantitative estimate of drug-likeness (QED) is 0.696. The standard InChI is InChI=1S/C10H14ClN/c1-3-8-12(2)10-6-4-9(11)5-7-10/h4-7H,3,8H2,1-2H3. The molecule has 2 heteroatoms. The van der Waals surface area contributed by atoms with Gasteiger partial charge in [-0.25, -0.2) is 0 Å². The van der Waals surface area contributed by atoms with Crippen molar-refractivity contribution in [2.45, 2.75) is 13.3 Å². The van der Waals surface area contributed by atoms with Gasteiger partial charge in [0, 0.05) is 24.3 Å². The molecule has 0 saturated carbocycles. The van der Waals surface area contributed by atoms with E-state index in [1.165, 1.54) is 12.1 Å². The van der Waals surface area contributed by atoms with Crippen molar-refractivity contribution in [2.24, 2.45) is 0 Å². The summed E-state index contributed by atoms with van der Waals surface area (Å²) >= 11 is 5.77. The van der Waals surface area contributed by atoms with Crippen molar-refractivity contribution in [3.8, 4) is 0 Å². The van der Waals surface area contributed by atoms with Crippen LogP contribution in [-0.2, 0) is 0 Å². The lowest BCUT2D eigenvalue weighted by molar-refractivity contribution is 0.852. The smallest absolute Gasteiger partial charge is 0.0407 e. The van der Waals surface area contributed by atoms with Crippen LogP contribution in [0.4, 0.5) is 5.69 Å². The monoisotopic (exact) mass is 183 g/mol. The molecule has 0 spiro atoms. The average Bonchev–Trinajstić information content (AvgIpc) is 2.06. The van der Waals surface area contributed by atoms with Crippen LogP contribution >= 0.6 is 11.6 Å². The fourth-order valence-electron chi connectivity index (χ4n) is 1.16. The molecule has 0 fully saturated rings. The molecule has 0 unspecified atom stereocenters. The van der Waals surface area contributed by atoms with Gasteiger partial charge in [0.05, 0.1) is 0 Å². The first-order valence-electron chi connectivity index (χ1n) is 4.20. The molecule has 0 saturated heterocycles. The summed E-state index contributed by atoms with van der Waals surface area (Å²) in [6, 6.07) is 7.92. The molecule has 0 bridgehead atoms. The SMILES string of the molecule is CCCN(C)c1ccc(Cl)cc1. The van der Waals surface area contributed by atoms with Gasteiger partial charge < -0.3 is 4.90 Å². The summed E-state index contributed by atoms with van der Waals surface area (Å²) in [6.07, 6.45) is 1.17. The molecule has 0 atom stereocenters. The van der Waals surface area contributed by atoms with E-state index >= 15 is 0 Å². The third kappa shape index (κ3) is 2.42. The molecule has 1 nitrogen and oxygen atoms in total. The van der Waals surface area contributed by atoms with Crippen LogP contribution in [0.5, 0.6) is 0 Å². The van der Waals surface area contributed by atoms with Crippen molar-refractivity contribution in [3.05, 3.63) is 29.3 Å². The molecular weight excluding hydrogens is 170 g/mol. The van der Waals surface area contributed by atoms with Crippen LogP contribution in [-0.4, -0.2) is 13.6 Å². The molecule has 0 aliphatic heterocycles. The maximum absolute atomic E-state index is 5.77. The summed E-state index contributed by atoms with van der Waals surface area (Å²) in [7, 11) is 2.09. The predicted octanol–water partition coefficient (Wildman–Crippen LogP) is 3.19. The molecule has 0 aromatic heterocycles. The topological polar surface area (TPSA) is 3.24 Å². The van der Waals surface area contributed by atoms with Crippen LogP contribution in [0.2, 0.25) is 5.02 Å². The summed E-state index contributed by atoms with van der Waals surface area (Å²) in [5.41, 5.74) is 1.22. The lowest BCUT2D eigenvalue weighted by Gasteiger charge is -2.17. The number of hydrogen-bond donors (Lipinski definition) is 0. The Morgan fingerprint density at radius 2 is 1.83 bits per heavy atom. The van der Waals surface area contributed by atoms with Crippen molar-refractivity contribution in [1.82, 2.24) is 0 Å². The van der Waals surface area contributed by atoms with Gasteiger partial charge in [0.1, 0.15) is 0 Å². The minimum Gasteiger partial charge on any atom is -0.375 e. The summed E-state index contributed by atoms with van der Waals surface area (Å²) in [5, 5.41) is 0.795. The Labute approximate surface area is 79.0 Å². The van der Waals surface area contributed by atoms with Crippen molar-refractivity contribution >= 4 is 17.3 Å². The third-order valence-electron chi connectivity index (χ3n) is 1.83. The molecule has 1 rings (SSSR count). The molecule has 0 radical (unpaired) electrons. The zero-order valence-electron chi connectivity index (χ0n) is 7.55. The zero-order chi connectivity index (χ0) is 8.97. The lowest BCUT2D eigenvalue weighted by atomic mass is 10.3. The first kappa shape index (κ1) is 9.40. The first-order chi connectivity index (χ1) is 5.74. The molecule has 66 valence electrons. The van der Waals surface area contributed by atoms with Crippen molar-refractivity contribution in [3.63, 3.8) is 0 Å². The highest BCUT2D eigenvalue weighted by Crippen LogP contribution is 2.16. The minimum atomic E-state index is 0.795. The second-order valence-electron chi connectivity index (χ2n) is 2.90. The highest BCUT2D eigenvalue weighted by molar-refractivity contribution is 6.30. The maximum atomic E-state index is 5.77. The number of anilines is 1. The Morgan fingerprint density at radius 1 is 1.25 bits per heavy atom. The molecule has 0 N–H and O–H groups in total. The highest BCUT2D eigenvalue weighted by atomic mass is 35.5. The van der Waals surface area contributed by atoms with Crippen LogP contribution in [0, 0.1) is 0 Å². The van der Waals surface area contributed by atoms with E-state index < -0.39 is 0 Å². The van der Waals surface area contributed by atoms with Crippen molar-refractivity contribution < 1.29 is 0 Å². The largest absolute Gasteiger partial charge is 0.375 e. The van der Waals surface area contributed by atoms with Crippen LogP contribution < -0.4 is 4.90 Å². The Kier molecular flexibility index (Phi) is 3.42. The second-order valence-corrected chi connectivity index (χ2v) is 3.33. The van der Waals surface area contributed by atoms with E-state index in [9.17, 15) is 0 Å². The van der Waals surface area contributed by atoms with Gasteiger partial charge in [0.15, 0.2) is 0 Å². The van der Waals surface area contributed by atoms with E-state index in [4.69, 9.17) is 11.6 Å². The summed E-state index contributed by atoms with van der Waals surface area (Å²) < 4.78 is 0. The van der Waals surface area contributed by atoms with Crippen LogP contribution in [0.3, 0.4) is 0 Å². The molecule has 0 aliphatic rings. The van der Waals surface area contributed by atoms with Crippen LogP contribution in [0.15, 0.2) is 24.3 Å². The Hall–Kier alpha value is -0.690. The van der Waals surface area contributed by atoms with E-state index in [0.29, 0.717) is 0 Å². The van der Waals surface area contributed by atoms with Crippen molar-refractivity contribution in [2.75, 3.05) is 18.5 Å². The molecule has 0 amide bonds. The molecule has 12 heavy (non-hydrogen) atoms. The first-order valence-corrected chi connectivity index (χ1v) is 4.58. The number of halogens is 1. The Bertz CT molecular complexity index is 230. The van der Waals surface area contributed by atoms with Gasteiger partial charge >= 0.3 is 0 Å². The van der Waals surface area contributed by atoms with E-state index in [1.54, 1.807) is 0 Å². The maximum Gasteiger partial charge on any atom is 0.0407 e. The number of nitrogens with zero attached hydrogens (tertiary/aromatic N) is 1. The minimum absolute atomic E-state index is 0.795. The van der Waals surface area contributed by atoms with Gasteiger partial charge in [0.25, 0.3) is 0 Å². The van der Waals surface area contributed by atoms with E-state index in [2.05, 4.69) is 18.9 Å². The average molecular weight is 184 g/mol. The molecule has 1 aromatic rings. The van der Waals surface area contributed by atoms with Gasteiger partial charge in [-0.3, -0.25) is 0 Å². The third-order valence-corrected chi connectivity index (χ3v) is 2.08. The normalized spacial score (nSPS) is 9.92. The number of rotatable bonds is 3. The molecular formula is C10H14ClN. The van der Waals surface area contributed by atoms with E-state index in [-0.39, 0.29) is 0 Å². The molecule has 0 heterocycles. The predicted molar refractivity (Wildman–Crippen MR) is 55.0 cm³/mol. The summed E-state index contributed by atoms with van der Waals surface area (Å²) in [4.78, 5) is 2.22. The van der Waals surface area contributed by atoms with Gasteiger partial charge in [0.2, 0.25) is 0 Å². The Morgan fingerprint density at radius 3 is 2.33 bits per heavy atom. The zero-order valence-corrected chi connectivity index (χ0v) is 8.30. The van der Waals surface area contributed by atoms with E-state index in [1.807, 2.05) is 24.3 Å². The van der Waals surface area contributed by atoms with Gasteiger partial charge in [-0.2, -0.15) is 0 Å². The van der Waals surface area contributed by atoms with Gasteiger partial charge in [-0.1, -0.05) is 18.5 Å². The van der Waals surface area contributed by atoms with Crippen molar-refractivity contribution in [1.29, 1.82) is 0 Å². The summed E-state index contributed by atoms with van der Waals surface area (Å²) in [5.74, 6) is 0. The Balaban J connectivity index is 2.68. The summed E-state index contributed by atoms with van der Waals surface area (Å²) in [6.45, 7) is 3.26. The molecule has 0 aliphatic carbocycles. The number of benzene rings is 1. The van der Waals surface area contributed by atoms with Gasteiger partial charge in [-0.05, 0) is 30.7 Å².